The second-order valence-electron chi connectivity index (χ2n) is 6.78. The monoisotopic (exact) mass is 513 g/mol. The van der Waals surface area contributed by atoms with E-state index in [2.05, 4.69) is 15.6 Å². The smallest absolute Gasteiger partial charge is 0.195 e. The molecule has 9 heteroatoms. The molecule has 0 aliphatic heterocycles. The summed E-state index contributed by atoms with van der Waals surface area (Å²) in [6.07, 6.45) is 0.819. The standard InChI is InChI=1S/C18H31N3O4S.HI/c1-18(2,3)26(22,23)13-10-20-17(19-4)21-15-8-6-9-16(14-15)25-12-7-11-24-5;/h6,8-9,14H,7,10-13H2,1-5H3,(H2,19,20,21);1H. The molecule has 0 saturated carbocycles. The van der Waals surface area contributed by atoms with Crippen molar-refractivity contribution in [1.29, 1.82) is 0 Å². The molecule has 0 aliphatic rings. The molecule has 0 amide bonds. The zero-order chi connectivity index (χ0) is 19.6. The molecule has 0 heterocycles. The molecule has 0 fully saturated rings. The van der Waals surface area contributed by atoms with E-state index in [4.69, 9.17) is 9.47 Å². The maximum absolute atomic E-state index is 12.1. The lowest BCUT2D eigenvalue weighted by Gasteiger charge is -2.20. The van der Waals surface area contributed by atoms with Crippen molar-refractivity contribution in [2.75, 3.05) is 45.0 Å². The largest absolute Gasteiger partial charge is 0.493 e. The van der Waals surface area contributed by atoms with Crippen LogP contribution >= 0.6 is 24.0 Å². The first kappa shape index (κ1) is 25.9. The topological polar surface area (TPSA) is 89.0 Å². The molecule has 0 spiro atoms. The van der Waals surface area contributed by atoms with Crippen molar-refractivity contribution in [3.8, 4) is 5.75 Å². The lowest BCUT2D eigenvalue weighted by atomic mass is 10.3. The normalized spacial score (nSPS) is 12.3. The molecule has 27 heavy (non-hydrogen) atoms. The molecule has 0 radical (unpaired) electrons. The predicted octanol–water partition coefficient (Wildman–Crippen LogP) is 2.92. The summed E-state index contributed by atoms with van der Waals surface area (Å²) in [4.78, 5) is 4.12. The molecule has 156 valence electrons. The van der Waals surface area contributed by atoms with Gasteiger partial charge in [-0.15, -0.1) is 24.0 Å². The molecule has 0 saturated heterocycles. The van der Waals surface area contributed by atoms with Gasteiger partial charge in [0.25, 0.3) is 0 Å². The zero-order valence-corrected chi connectivity index (χ0v) is 19.9. The highest BCUT2D eigenvalue weighted by Crippen LogP contribution is 2.18. The van der Waals surface area contributed by atoms with Gasteiger partial charge in [-0.1, -0.05) is 6.07 Å². The summed E-state index contributed by atoms with van der Waals surface area (Å²) in [7, 11) is 0.128. The highest BCUT2D eigenvalue weighted by atomic mass is 127. The van der Waals surface area contributed by atoms with E-state index in [1.54, 1.807) is 34.9 Å². The van der Waals surface area contributed by atoms with Gasteiger partial charge < -0.3 is 20.1 Å². The third-order valence-electron chi connectivity index (χ3n) is 3.68. The number of hydrogen-bond acceptors (Lipinski definition) is 5. The van der Waals surface area contributed by atoms with E-state index in [1.807, 2.05) is 24.3 Å². The van der Waals surface area contributed by atoms with Crippen LogP contribution in [0, 0.1) is 0 Å². The Morgan fingerprint density at radius 3 is 2.52 bits per heavy atom. The van der Waals surface area contributed by atoms with Crippen molar-refractivity contribution in [2.24, 2.45) is 4.99 Å². The highest BCUT2D eigenvalue weighted by molar-refractivity contribution is 14.0. The fourth-order valence-electron chi connectivity index (χ4n) is 1.98. The minimum Gasteiger partial charge on any atom is -0.493 e. The van der Waals surface area contributed by atoms with E-state index in [9.17, 15) is 8.42 Å². The number of nitrogens with zero attached hydrogens (tertiary/aromatic N) is 1. The van der Waals surface area contributed by atoms with E-state index >= 15 is 0 Å². The Morgan fingerprint density at radius 1 is 1.22 bits per heavy atom. The number of hydrogen-bond donors (Lipinski definition) is 2. The number of aliphatic imine (C=N–C) groups is 1. The molecule has 7 nitrogen and oxygen atoms in total. The van der Waals surface area contributed by atoms with Gasteiger partial charge in [0, 0.05) is 45.5 Å². The van der Waals surface area contributed by atoms with Gasteiger partial charge >= 0.3 is 0 Å². The second kappa shape index (κ2) is 12.4. The maximum Gasteiger partial charge on any atom is 0.195 e. The second-order valence-corrected chi connectivity index (χ2v) is 9.64. The first-order valence-corrected chi connectivity index (χ1v) is 10.3. The van der Waals surface area contributed by atoms with E-state index < -0.39 is 14.6 Å². The van der Waals surface area contributed by atoms with Gasteiger partial charge in [0.05, 0.1) is 17.1 Å². The van der Waals surface area contributed by atoms with Crippen LogP contribution < -0.4 is 15.4 Å². The van der Waals surface area contributed by atoms with Crippen molar-refractivity contribution < 1.29 is 17.9 Å². The number of anilines is 1. The van der Waals surface area contributed by atoms with Crippen LogP contribution in [0.25, 0.3) is 0 Å². The van der Waals surface area contributed by atoms with Crippen LogP contribution in [-0.4, -0.2) is 58.8 Å². The van der Waals surface area contributed by atoms with Gasteiger partial charge in [-0.3, -0.25) is 4.99 Å². The summed E-state index contributed by atoms with van der Waals surface area (Å²) in [5.41, 5.74) is 0.807. The van der Waals surface area contributed by atoms with Crippen molar-refractivity contribution in [1.82, 2.24) is 5.32 Å². The summed E-state index contributed by atoms with van der Waals surface area (Å²) in [6.45, 7) is 6.63. The van der Waals surface area contributed by atoms with Crippen LogP contribution in [0.15, 0.2) is 29.3 Å². The van der Waals surface area contributed by atoms with Crippen LogP contribution in [0.4, 0.5) is 5.69 Å². The molecule has 0 atom stereocenters. The molecule has 0 aromatic heterocycles. The number of ether oxygens (including phenoxy) is 2. The number of rotatable bonds is 9. The first-order valence-electron chi connectivity index (χ1n) is 8.61. The SMILES string of the molecule is CN=C(NCCS(=O)(=O)C(C)(C)C)Nc1cccc(OCCCOC)c1.I. The quantitative estimate of drug-likeness (QED) is 0.229. The Balaban J connectivity index is 0.00000676. The van der Waals surface area contributed by atoms with E-state index in [-0.39, 0.29) is 36.3 Å². The summed E-state index contributed by atoms with van der Waals surface area (Å²) in [5.74, 6) is 1.29. The van der Waals surface area contributed by atoms with Gasteiger partial charge in [0.2, 0.25) is 0 Å². The molecule has 1 aromatic rings. The predicted molar refractivity (Wildman–Crippen MR) is 122 cm³/mol. The summed E-state index contributed by atoms with van der Waals surface area (Å²) in [6, 6.07) is 7.52. The third-order valence-corrected chi connectivity index (χ3v) is 6.29. The molecule has 0 aliphatic carbocycles. The van der Waals surface area contributed by atoms with Crippen molar-refractivity contribution in [2.45, 2.75) is 31.9 Å². The Bertz CT molecular complexity index is 688. The van der Waals surface area contributed by atoms with Crippen LogP contribution in [0.5, 0.6) is 5.75 Å². The first-order chi connectivity index (χ1) is 12.2. The Hall–Kier alpha value is -1.07. The average Bonchev–Trinajstić information content (AvgIpc) is 2.57. The molecular weight excluding hydrogens is 481 g/mol. The third kappa shape index (κ3) is 9.61. The van der Waals surface area contributed by atoms with Gasteiger partial charge in [0.15, 0.2) is 15.8 Å². The van der Waals surface area contributed by atoms with Gasteiger partial charge in [-0.2, -0.15) is 0 Å². The number of benzene rings is 1. The molecule has 1 aromatic carbocycles. The number of nitrogens with one attached hydrogen (secondary N) is 2. The van der Waals surface area contributed by atoms with E-state index in [0.29, 0.717) is 19.2 Å². The van der Waals surface area contributed by atoms with Crippen LogP contribution in [0.3, 0.4) is 0 Å². The summed E-state index contributed by atoms with van der Waals surface area (Å²) < 4.78 is 34.2. The maximum atomic E-state index is 12.1. The Kier molecular flexibility index (Phi) is 11.9. The molecule has 0 unspecified atom stereocenters. The minimum atomic E-state index is -3.17. The van der Waals surface area contributed by atoms with Gasteiger partial charge in [-0.05, 0) is 32.9 Å². The average molecular weight is 513 g/mol. The highest BCUT2D eigenvalue weighted by Gasteiger charge is 2.28. The molecule has 2 N–H and O–H groups in total. The molecule has 0 bridgehead atoms. The van der Waals surface area contributed by atoms with Crippen LogP contribution in [0.1, 0.15) is 27.2 Å². The zero-order valence-electron chi connectivity index (χ0n) is 16.7. The molecular formula is C18H32IN3O4S. The van der Waals surface area contributed by atoms with E-state index in [1.165, 1.54) is 0 Å². The minimum absolute atomic E-state index is 0. The van der Waals surface area contributed by atoms with E-state index in [0.717, 1.165) is 17.9 Å². The summed E-state index contributed by atoms with van der Waals surface area (Å²) in [5, 5.41) is 6.16. The summed E-state index contributed by atoms with van der Waals surface area (Å²) >= 11 is 0. The Labute approximate surface area is 180 Å². The van der Waals surface area contributed by atoms with Crippen LogP contribution in [-0.2, 0) is 14.6 Å². The van der Waals surface area contributed by atoms with Crippen LogP contribution in [0.2, 0.25) is 0 Å². The fraction of sp³-hybridized carbons (Fsp3) is 0.611. The van der Waals surface area contributed by atoms with Gasteiger partial charge in [-0.25, -0.2) is 8.42 Å². The number of halogens is 1. The lowest BCUT2D eigenvalue weighted by Crippen LogP contribution is -2.38. The van der Waals surface area contributed by atoms with Gasteiger partial charge in [0.1, 0.15) is 5.75 Å². The van der Waals surface area contributed by atoms with Crippen molar-refractivity contribution in [3.05, 3.63) is 24.3 Å². The molecule has 1 rings (SSSR count). The van der Waals surface area contributed by atoms with Crippen molar-refractivity contribution in [3.63, 3.8) is 0 Å². The Morgan fingerprint density at radius 2 is 1.93 bits per heavy atom. The van der Waals surface area contributed by atoms with Crippen molar-refractivity contribution >= 4 is 45.5 Å². The lowest BCUT2D eigenvalue weighted by molar-refractivity contribution is 0.172. The number of guanidine groups is 1. The number of sulfone groups is 1. The number of methoxy groups -OCH3 is 1. The fourth-order valence-corrected chi connectivity index (χ4v) is 2.97.